The molecule has 0 aliphatic carbocycles. The summed E-state index contributed by atoms with van der Waals surface area (Å²) in [6.45, 7) is 11.0. The van der Waals surface area contributed by atoms with E-state index >= 15 is 0 Å². The zero-order valence-corrected chi connectivity index (χ0v) is 14.7. The normalized spacial score (nSPS) is 20.6. The lowest BCUT2D eigenvalue weighted by Crippen LogP contribution is -2.43. The summed E-state index contributed by atoms with van der Waals surface area (Å²) < 4.78 is 26.3. The van der Waals surface area contributed by atoms with Crippen molar-refractivity contribution in [3.05, 3.63) is 0 Å². The molecule has 2 N–H and O–H groups in total. The van der Waals surface area contributed by atoms with Crippen LogP contribution in [0.25, 0.3) is 0 Å². The molecule has 1 heterocycles. The Labute approximate surface area is 130 Å². The zero-order chi connectivity index (χ0) is 16.1. The third-order valence-corrected chi connectivity index (χ3v) is 5.35. The Morgan fingerprint density at radius 1 is 1.29 bits per heavy atom. The Kier molecular flexibility index (Phi) is 7.10. The van der Waals surface area contributed by atoms with Gasteiger partial charge in [0.15, 0.2) is 0 Å². The van der Waals surface area contributed by atoms with Crippen molar-refractivity contribution in [1.29, 1.82) is 0 Å². The molecule has 0 bridgehead atoms. The first-order valence-corrected chi connectivity index (χ1v) is 9.60. The summed E-state index contributed by atoms with van der Waals surface area (Å²) in [5, 5.41) is 9.99. The molecule has 0 spiro atoms. The van der Waals surface area contributed by atoms with E-state index in [9.17, 15) is 13.5 Å². The second-order valence-electron chi connectivity index (χ2n) is 7.61. The van der Waals surface area contributed by atoms with Crippen LogP contribution in [0.2, 0.25) is 0 Å². The number of nitrogens with zero attached hydrogens (tertiary/aromatic N) is 1. The summed E-state index contributed by atoms with van der Waals surface area (Å²) >= 11 is 0. The van der Waals surface area contributed by atoms with Crippen molar-refractivity contribution in [2.45, 2.75) is 53.1 Å². The molecule has 5 nitrogen and oxygen atoms in total. The first kappa shape index (κ1) is 18.9. The molecule has 1 rings (SSSR count). The summed E-state index contributed by atoms with van der Waals surface area (Å²) in [7, 11) is -3.29. The Morgan fingerprint density at radius 3 is 2.38 bits per heavy atom. The van der Waals surface area contributed by atoms with Gasteiger partial charge >= 0.3 is 0 Å². The largest absolute Gasteiger partial charge is 0.390 e. The van der Waals surface area contributed by atoms with Crippen LogP contribution in [0, 0.1) is 11.3 Å². The van der Waals surface area contributed by atoms with Crippen LogP contribution < -0.4 is 4.72 Å². The van der Waals surface area contributed by atoms with Crippen LogP contribution in [0.3, 0.4) is 0 Å². The van der Waals surface area contributed by atoms with E-state index in [1.54, 1.807) is 0 Å². The lowest BCUT2D eigenvalue weighted by atomic mass is 9.94. The second kappa shape index (κ2) is 7.90. The van der Waals surface area contributed by atoms with Gasteiger partial charge in [-0.1, -0.05) is 27.7 Å². The van der Waals surface area contributed by atoms with E-state index in [1.165, 1.54) is 0 Å². The highest BCUT2D eigenvalue weighted by molar-refractivity contribution is 7.89. The van der Waals surface area contributed by atoms with Gasteiger partial charge in [-0.15, -0.1) is 0 Å². The van der Waals surface area contributed by atoms with Crippen LogP contribution in [0.5, 0.6) is 0 Å². The van der Waals surface area contributed by atoms with Crippen molar-refractivity contribution in [3.63, 3.8) is 0 Å². The number of hydrogen-bond donors (Lipinski definition) is 2. The number of rotatable bonds is 7. The van der Waals surface area contributed by atoms with Gasteiger partial charge in [0, 0.05) is 13.1 Å². The van der Waals surface area contributed by atoms with Crippen LogP contribution in [0.4, 0.5) is 0 Å². The number of hydrogen-bond acceptors (Lipinski definition) is 4. The number of likely N-dealkylation sites (tertiary alicyclic amines) is 1. The molecule has 1 unspecified atom stereocenters. The lowest BCUT2D eigenvalue weighted by Gasteiger charge is -2.31. The van der Waals surface area contributed by atoms with Gasteiger partial charge in [-0.2, -0.15) is 0 Å². The van der Waals surface area contributed by atoms with E-state index in [0.717, 1.165) is 31.8 Å². The monoisotopic (exact) mass is 320 g/mol. The molecule has 1 aliphatic rings. The molecule has 1 atom stereocenters. The molecule has 0 saturated carbocycles. The summed E-state index contributed by atoms with van der Waals surface area (Å²) in [6.07, 6.45) is 2.29. The minimum Gasteiger partial charge on any atom is -0.390 e. The molecule has 6 heteroatoms. The highest BCUT2D eigenvalue weighted by atomic mass is 32.2. The Bertz CT molecular complexity index is 396. The summed E-state index contributed by atoms with van der Waals surface area (Å²) in [5.41, 5.74) is -0.00212. The molecule has 0 amide bonds. The maximum absolute atomic E-state index is 11.9. The fourth-order valence-corrected chi connectivity index (χ4v) is 3.81. The number of aliphatic hydroxyl groups is 1. The molecule has 1 saturated heterocycles. The van der Waals surface area contributed by atoms with Gasteiger partial charge < -0.3 is 10.0 Å². The van der Waals surface area contributed by atoms with Gasteiger partial charge in [0.2, 0.25) is 10.0 Å². The SMILES string of the molecule is CC1CCN(CC(O)CNS(=O)(=O)CCC(C)(C)C)CC1. The van der Waals surface area contributed by atoms with Gasteiger partial charge in [-0.25, -0.2) is 13.1 Å². The van der Waals surface area contributed by atoms with E-state index < -0.39 is 16.1 Å². The number of sulfonamides is 1. The van der Waals surface area contributed by atoms with Crippen molar-refractivity contribution in [3.8, 4) is 0 Å². The summed E-state index contributed by atoms with van der Waals surface area (Å²) in [4.78, 5) is 2.22. The van der Waals surface area contributed by atoms with Crippen LogP contribution >= 0.6 is 0 Å². The molecule has 0 aromatic carbocycles. The lowest BCUT2D eigenvalue weighted by molar-refractivity contribution is 0.0942. The first-order chi connectivity index (χ1) is 9.57. The van der Waals surface area contributed by atoms with Crippen LogP contribution in [0.1, 0.15) is 47.0 Å². The Balaban J connectivity index is 2.27. The number of piperidine rings is 1. The van der Waals surface area contributed by atoms with Crippen molar-refractivity contribution >= 4 is 10.0 Å². The van der Waals surface area contributed by atoms with E-state index in [4.69, 9.17) is 0 Å². The van der Waals surface area contributed by atoms with E-state index in [0.29, 0.717) is 13.0 Å². The summed E-state index contributed by atoms with van der Waals surface area (Å²) in [5.74, 6) is 0.874. The van der Waals surface area contributed by atoms with Crippen molar-refractivity contribution in [1.82, 2.24) is 9.62 Å². The molecule has 0 aromatic rings. The molecule has 1 fully saturated rings. The predicted molar refractivity (Wildman–Crippen MR) is 86.7 cm³/mol. The molecule has 0 radical (unpaired) electrons. The molecule has 21 heavy (non-hydrogen) atoms. The van der Waals surface area contributed by atoms with Crippen molar-refractivity contribution < 1.29 is 13.5 Å². The third kappa shape index (κ3) is 8.76. The topological polar surface area (TPSA) is 69.6 Å². The van der Waals surface area contributed by atoms with Gasteiger partial charge in [-0.05, 0) is 43.7 Å². The smallest absolute Gasteiger partial charge is 0.211 e. The maximum Gasteiger partial charge on any atom is 0.211 e. The third-order valence-electron chi connectivity index (χ3n) is 4.00. The van der Waals surface area contributed by atoms with Crippen LogP contribution in [-0.2, 0) is 10.0 Å². The van der Waals surface area contributed by atoms with Crippen molar-refractivity contribution in [2.24, 2.45) is 11.3 Å². The summed E-state index contributed by atoms with van der Waals surface area (Å²) in [6, 6.07) is 0. The van der Waals surface area contributed by atoms with Gasteiger partial charge in [0.25, 0.3) is 0 Å². The average molecular weight is 320 g/mol. The fraction of sp³-hybridized carbons (Fsp3) is 1.00. The second-order valence-corrected chi connectivity index (χ2v) is 9.54. The fourth-order valence-electron chi connectivity index (χ4n) is 2.34. The minimum atomic E-state index is -3.29. The molecule has 1 aliphatic heterocycles. The van der Waals surface area contributed by atoms with Crippen LogP contribution in [0.15, 0.2) is 0 Å². The van der Waals surface area contributed by atoms with E-state index in [-0.39, 0.29) is 17.7 Å². The number of β-amino-alcohol motifs (C(OH)–C–C–N with tert-alkyl or cyclic N) is 1. The van der Waals surface area contributed by atoms with Gasteiger partial charge in [0.1, 0.15) is 0 Å². The number of aliphatic hydroxyl groups excluding tert-OH is 1. The molecular formula is C15H32N2O3S. The molecule has 0 aromatic heterocycles. The quantitative estimate of drug-likeness (QED) is 0.744. The van der Waals surface area contributed by atoms with Gasteiger partial charge in [0.05, 0.1) is 11.9 Å². The highest BCUT2D eigenvalue weighted by Gasteiger charge is 2.21. The average Bonchev–Trinajstić information content (AvgIpc) is 2.37. The molecular weight excluding hydrogens is 288 g/mol. The predicted octanol–water partition coefficient (Wildman–Crippen LogP) is 1.43. The van der Waals surface area contributed by atoms with Crippen molar-refractivity contribution in [2.75, 3.05) is 31.9 Å². The maximum atomic E-state index is 11.9. The van der Waals surface area contributed by atoms with E-state index in [1.807, 2.05) is 20.8 Å². The molecule has 126 valence electrons. The Hall–Kier alpha value is -0.170. The highest BCUT2D eigenvalue weighted by Crippen LogP contribution is 2.19. The minimum absolute atomic E-state index is 0.00212. The number of nitrogens with one attached hydrogen (secondary N) is 1. The Morgan fingerprint density at radius 2 is 1.86 bits per heavy atom. The van der Waals surface area contributed by atoms with Crippen LogP contribution in [-0.4, -0.2) is 56.5 Å². The standard InChI is InChI=1S/C15H32N2O3S/c1-13-5-8-17(9-6-13)12-14(18)11-16-21(19,20)10-7-15(2,3)4/h13-14,16,18H,5-12H2,1-4H3. The zero-order valence-electron chi connectivity index (χ0n) is 13.9. The van der Waals surface area contributed by atoms with E-state index in [2.05, 4.69) is 16.5 Å². The van der Waals surface area contributed by atoms with Gasteiger partial charge in [-0.3, -0.25) is 0 Å². The first-order valence-electron chi connectivity index (χ1n) is 7.95.